The molecule has 1 aliphatic heterocycles. The van der Waals surface area contributed by atoms with Gasteiger partial charge in [0, 0.05) is 24.8 Å². The lowest BCUT2D eigenvalue weighted by atomic mass is 9.95. The minimum absolute atomic E-state index is 0.116. The van der Waals surface area contributed by atoms with Gasteiger partial charge in [0.25, 0.3) is 5.91 Å². The second kappa shape index (κ2) is 7.99. The molecule has 1 saturated carbocycles. The van der Waals surface area contributed by atoms with Crippen LogP contribution in [0.4, 0.5) is 0 Å². The van der Waals surface area contributed by atoms with E-state index in [0.717, 1.165) is 43.5 Å². The highest BCUT2D eigenvalue weighted by Crippen LogP contribution is 2.27. The number of carbonyl (C=O) groups is 1. The second-order valence-electron chi connectivity index (χ2n) is 7.29. The van der Waals surface area contributed by atoms with E-state index in [1.807, 2.05) is 35.4 Å². The van der Waals surface area contributed by atoms with E-state index < -0.39 is 0 Å². The Kier molecular flexibility index (Phi) is 5.29. The quantitative estimate of drug-likeness (QED) is 0.828. The molecule has 1 aromatic carbocycles. The number of ether oxygens (including phenoxy) is 1. The Morgan fingerprint density at radius 3 is 2.65 bits per heavy atom. The van der Waals surface area contributed by atoms with Crippen LogP contribution in [0.15, 0.2) is 36.7 Å². The van der Waals surface area contributed by atoms with Gasteiger partial charge in [-0.3, -0.25) is 4.79 Å². The lowest BCUT2D eigenvalue weighted by molar-refractivity contribution is -0.0557. The number of carbonyl (C=O) groups excluding carboxylic acids is 1. The number of hydrogen-bond donors (Lipinski definition) is 0. The maximum absolute atomic E-state index is 13.1. The van der Waals surface area contributed by atoms with E-state index in [9.17, 15) is 4.79 Å². The normalized spacial score (nSPS) is 21.2. The van der Waals surface area contributed by atoms with Crippen molar-refractivity contribution in [1.29, 1.82) is 0 Å². The van der Waals surface area contributed by atoms with Crippen molar-refractivity contribution in [2.45, 2.75) is 57.3 Å². The topological polar surface area (TPSA) is 60.2 Å². The van der Waals surface area contributed by atoms with Gasteiger partial charge in [-0.1, -0.05) is 23.4 Å². The summed E-state index contributed by atoms with van der Waals surface area (Å²) in [6, 6.07) is 7.81. The van der Waals surface area contributed by atoms with E-state index in [4.69, 9.17) is 4.74 Å². The lowest BCUT2D eigenvalue weighted by Gasteiger charge is -2.30. The van der Waals surface area contributed by atoms with Gasteiger partial charge in [-0.05, 0) is 50.2 Å². The van der Waals surface area contributed by atoms with Crippen molar-refractivity contribution in [2.75, 3.05) is 13.1 Å². The molecule has 6 nitrogen and oxygen atoms in total. The molecule has 0 radical (unpaired) electrons. The van der Waals surface area contributed by atoms with Crippen molar-refractivity contribution in [2.24, 2.45) is 0 Å². The van der Waals surface area contributed by atoms with Crippen LogP contribution < -0.4 is 0 Å². The van der Waals surface area contributed by atoms with Gasteiger partial charge in [0.1, 0.15) is 0 Å². The van der Waals surface area contributed by atoms with Gasteiger partial charge >= 0.3 is 0 Å². The molecule has 2 aromatic rings. The van der Waals surface area contributed by atoms with E-state index in [1.54, 1.807) is 10.9 Å². The first-order valence-corrected chi connectivity index (χ1v) is 9.66. The Hall–Kier alpha value is -2.21. The second-order valence-corrected chi connectivity index (χ2v) is 7.29. The van der Waals surface area contributed by atoms with Gasteiger partial charge in [0.2, 0.25) is 0 Å². The van der Waals surface area contributed by atoms with Crippen LogP contribution >= 0.6 is 0 Å². The van der Waals surface area contributed by atoms with E-state index in [0.29, 0.717) is 18.8 Å². The number of rotatable bonds is 5. The molecule has 1 unspecified atom stereocenters. The Balaban J connectivity index is 1.42. The fraction of sp³-hybridized carbons (Fsp3) is 0.550. The zero-order valence-corrected chi connectivity index (χ0v) is 15.1. The van der Waals surface area contributed by atoms with Crippen LogP contribution in [0.3, 0.4) is 0 Å². The first-order chi connectivity index (χ1) is 12.8. The summed E-state index contributed by atoms with van der Waals surface area (Å²) in [4.78, 5) is 15.1. The zero-order valence-electron chi connectivity index (χ0n) is 15.1. The summed E-state index contributed by atoms with van der Waals surface area (Å²) >= 11 is 0. The van der Waals surface area contributed by atoms with E-state index in [2.05, 4.69) is 10.3 Å². The number of aromatic nitrogens is 3. The maximum atomic E-state index is 13.1. The first kappa shape index (κ1) is 17.2. The first-order valence-electron chi connectivity index (χ1n) is 9.66. The number of hydrogen-bond acceptors (Lipinski definition) is 4. The average Bonchev–Trinajstić information content (AvgIpc) is 3.01. The van der Waals surface area contributed by atoms with Crippen molar-refractivity contribution in [3.8, 4) is 0 Å². The molecule has 0 spiro atoms. The summed E-state index contributed by atoms with van der Waals surface area (Å²) in [5.74, 6) is 0.116. The highest BCUT2D eigenvalue weighted by atomic mass is 16.5. The van der Waals surface area contributed by atoms with Gasteiger partial charge in [0.05, 0.1) is 24.9 Å². The molecule has 26 heavy (non-hydrogen) atoms. The molecule has 0 N–H and O–H groups in total. The fourth-order valence-electron chi connectivity index (χ4n) is 3.71. The maximum Gasteiger partial charge on any atom is 0.254 e. The average molecular weight is 354 g/mol. The highest BCUT2D eigenvalue weighted by molar-refractivity contribution is 5.95. The van der Waals surface area contributed by atoms with Gasteiger partial charge in [-0.25, -0.2) is 4.68 Å². The van der Waals surface area contributed by atoms with Crippen molar-refractivity contribution >= 4 is 5.91 Å². The highest BCUT2D eigenvalue weighted by Gasteiger charge is 2.27. The summed E-state index contributed by atoms with van der Waals surface area (Å²) in [5, 5.41) is 7.86. The molecular formula is C20H26N4O2. The molecule has 6 heteroatoms. The van der Waals surface area contributed by atoms with Crippen molar-refractivity contribution < 1.29 is 9.53 Å². The van der Waals surface area contributed by atoms with Gasteiger partial charge < -0.3 is 9.64 Å². The smallest absolute Gasteiger partial charge is 0.254 e. The number of likely N-dealkylation sites (tertiary alicyclic amines) is 1. The van der Waals surface area contributed by atoms with E-state index in [-0.39, 0.29) is 5.91 Å². The Labute approximate surface area is 154 Å². The summed E-state index contributed by atoms with van der Waals surface area (Å²) in [7, 11) is 0. The van der Waals surface area contributed by atoms with Crippen LogP contribution in [0.5, 0.6) is 0 Å². The van der Waals surface area contributed by atoms with Gasteiger partial charge in [-0.2, -0.15) is 0 Å². The standard InChI is InChI=1S/C20H26N4O2/c25-20(19-9-2-1-5-16(19)15-24-14-11-21-22-24)23-12-4-8-18(10-13-23)26-17-6-3-7-17/h1-2,5,9,11,14,17-18H,3-4,6-8,10,12-13,15H2. The molecular weight excluding hydrogens is 328 g/mol. The predicted octanol–water partition coefficient (Wildman–Crippen LogP) is 2.89. The number of nitrogens with zero attached hydrogens (tertiary/aromatic N) is 4. The lowest BCUT2D eigenvalue weighted by Crippen LogP contribution is -2.33. The summed E-state index contributed by atoms with van der Waals surface area (Å²) < 4.78 is 7.93. The van der Waals surface area contributed by atoms with Crippen LogP contribution in [0.2, 0.25) is 0 Å². The van der Waals surface area contributed by atoms with Crippen LogP contribution in [0.25, 0.3) is 0 Å². The van der Waals surface area contributed by atoms with E-state index >= 15 is 0 Å². The molecule has 1 saturated heterocycles. The molecule has 0 bridgehead atoms. The molecule has 1 amide bonds. The third-order valence-corrected chi connectivity index (χ3v) is 5.45. The summed E-state index contributed by atoms with van der Waals surface area (Å²) in [5.41, 5.74) is 1.75. The van der Waals surface area contributed by atoms with Crippen LogP contribution in [0, 0.1) is 0 Å². The van der Waals surface area contributed by atoms with Crippen LogP contribution in [-0.4, -0.2) is 51.1 Å². The Morgan fingerprint density at radius 2 is 1.88 bits per heavy atom. The number of amides is 1. The Morgan fingerprint density at radius 1 is 1.08 bits per heavy atom. The van der Waals surface area contributed by atoms with Crippen molar-refractivity contribution in [3.63, 3.8) is 0 Å². The minimum atomic E-state index is 0.116. The number of benzene rings is 1. The molecule has 2 aliphatic rings. The SMILES string of the molecule is O=C(c1ccccc1Cn1ccnn1)N1CCCC(OC2CCC2)CC1. The van der Waals surface area contributed by atoms with Gasteiger partial charge in [0.15, 0.2) is 0 Å². The summed E-state index contributed by atoms with van der Waals surface area (Å²) in [6.45, 7) is 2.14. The molecule has 1 aromatic heterocycles. The largest absolute Gasteiger partial charge is 0.375 e. The van der Waals surface area contributed by atoms with Crippen LogP contribution in [0.1, 0.15) is 54.4 Å². The molecule has 1 atom stereocenters. The molecule has 1 aliphatic carbocycles. The monoisotopic (exact) mass is 354 g/mol. The van der Waals surface area contributed by atoms with Crippen molar-refractivity contribution in [3.05, 3.63) is 47.8 Å². The zero-order chi connectivity index (χ0) is 17.8. The van der Waals surface area contributed by atoms with Crippen molar-refractivity contribution in [1.82, 2.24) is 19.9 Å². The molecule has 138 valence electrons. The minimum Gasteiger partial charge on any atom is -0.375 e. The van der Waals surface area contributed by atoms with Gasteiger partial charge in [-0.15, -0.1) is 5.10 Å². The molecule has 2 fully saturated rings. The Bertz CT molecular complexity index is 727. The third-order valence-electron chi connectivity index (χ3n) is 5.45. The van der Waals surface area contributed by atoms with Crippen LogP contribution in [-0.2, 0) is 11.3 Å². The predicted molar refractivity (Wildman–Crippen MR) is 97.8 cm³/mol. The summed E-state index contributed by atoms with van der Waals surface area (Å²) in [6.07, 6.45) is 10.9. The molecule has 2 heterocycles. The van der Waals surface area contributed by atoms with E-state index in [1.165, 1.54) is 19.3 Å². The fourth-order valence-corrected chi connectivity index (χ4v) is 3.71. The third kappa shape index (κ3) is 3.96. The molecule has 4 rings (SSSR count).